The monoisotopic (exact) mass is 851 g/mol. The molecular weight excluding hydrogens is 820 g/mol. The highest BCUT2D eigenvalue weighted by molar-refractivity contribution is 14.1. The van der Waals surface area contributed by atoms with Gasteiger partial charge in [-0.3, -0.25) is 5.43 Å². The van der Waals surface area contributed by atoms with Gasteiger partial charge < -0.3 is 34.7 Å². The van der Waals surface area contributed by atoms with Crippen molar-refractivity contribution in [1.82, 2.24) is 16.1 Å². The Morgan fingerprint density at radius 3 is 2.67 bits per heavy atom. The van der Waals surface area contributed by atoms with E-state index in [0.717, 1.165) is 12.7 Å². The molecule has 0 radical (unpaired) electrons. The van der Waals surface area contributed by atoms with E-state index in [2.05, 4.69) is 72.4 Å². The van der Waals surface area contributed by atoms with Gasteiger partial charge in [-0.1, -0.05) is 24.3 Å². The van der Waals surface area contributed by atoms with E-state index in [1.165, 1.54) is 7.11 Å². The first-order valence-corrected chi connectivity index (χ1v) is 16.1. The highest BCUT2D eigenvalue weighted by Gasteiger charge is 2.32. The summed E-state index contributed by atoms with van der Waals surface area (Å²) < 4.78 is 24.5. The molecule has 1 aliphatic heterocycles. The number of methoxy groups -OCH3 is 1. The second-order valence-electron chi connectivity index (χ2n) is 9.78. The van der Waals surface area contributed by atoms with Gasteiger partial charge in [0.1, 0.15) is 19.0 Å². The third-order valence-corrected chi connectivity index (χ3v) is 8.07. The van der Waals surface area contributed by atoms with Crippen LogP contribution in [0.5, 0.6) is 17.2 Å². The molecule has 0 saturated heterocycles. The summed E-state index contributed by atoms with van der Waals surface area (Å²) in [4.78, 5) is 24.7. The molecule has 0 spiro atoms. The number of rotatable bonds is 13. The Balaban J connectivity index is 1.43. The van der Waals surface area contributed by atoms with Crippen LogP contribution < -0.4 is 30.3 Å². The van der Waals surface area contributed by atoms with Crippen molar-refractivity contribution >= 4 is 63.4 Å². The number of nitrogens with one attached hydrogen (secondary N) is 3. The van der Waals surface area contributed by atoms with E-state index in [9.17, 15) is 20.0 Å². The number of hydrogen-bond acceptors (Lipinski definition) is 10. The van der Waals surface area contributed by atoms with Crippen molar-refractivity contribution in [2.24, 2.45) is 5.10 Å². The largest absolute Gasteiger partial charge is 0.490 e. The topological polar surface area (TPSA) is 164 Å². The second-order valence-corrected chi connectivity index (χ2v) is 12.2. The van der Waals surface area contributed by atoms with E-state index >= 15 is 0 Å². The summed E-state index contributed by atoms with van der Waals surface area (Å²) in [5.74, 6) is 0.720. The average Bonchev–Trinajstić information content (AvgIpc) is 3.03. The Hall–Kier alpha value is -4.08. The molecule has 1 heterocycles. The predicted molar refractivity (Wildman–Crippen MR) is 186 cm³/mol. The summed E-state index contributed by atoms with van der Waals surface area (Å²) >= 11 is 4.39. The van der Waals surface area contributed by atoms with Crippen molar-refractivity contribution in [2.45, 2.75) is 32.7 Å². The lowest BCUT2D eigenvalue weighted by Crippen LogP contribution is -2.45. The number of hydrazone groups is 1. The molecule has 0 fully saturated rings. The lowest BCUT2D eigenvalue weighted by molar-refractivity contribution is -0.136. The summed E-state index contributed by atoms with van der Waals surface area (Å²) in [5, 5.41) is 29.5. The zero-order chi connectivity index (χ0) is 33.2. The molecule has 0 bridgehead atoms. The number of nitriles is 1. The molecule has 0 unspecified atom stereocenters. The molecule has 4 rings (SSSR count). The average molecular weight is 851 g/mol. The minimum atomic E-state index is -1.18. The Bertz CT molecular complexity index is 1710. The number of allylic oxidation sites excluding steroid dienone is 1. The molecule has 0 saturated carbocycles. The van der Waals surface area contributed by atoms with Gasteiger partial charge in [-0.25, -0.2) is 9.59 Å². The number of benzene rings is 3. The fraction of sp³-hybridized carbons (Fsp3) is 0.250. The number of halogens is 2. The van der Waals surface area contributed by atoms with E-state index in [4.69, 9.17) is 18.9 Å². The molecule has 3 aromatic rings. The number of amides is 2. The van der Waals surface area contributed by atoms with Crippen LogP contribution in [-0.4, -0.2) is 49.9 Å². The first-order chi connectivity index (χ1) is 22.1. The Labute approximate surface area is 293 Å². The van der Waals surface area contributed by atoms with Crippen LogP contribution >= 0.6 is 45.2 Å². The van der Waals surface area contributed by atoms with E-state index < -0.39 is 24.3 Å². The van der Waals surface area contributed by atoms with Crippen LogP contribution in [0.4, 0.5) is 4.79 Å². The van der Waals surface area contributed by atoms with Crippen molar-refractivity contribution in [1.29, 1.82) is 5.26 Å². The van der Waals surface area contributed by atoms with Gasteiger partial charge in [-0.05, 0) is 94.9 Å². The molecule has 240 valence electrons. The van der Waals surface area contributed by atoms with Crippen molar-refractivity contribution in [3.8, 4) is 23.3 Å². The lowest BCUT2D eigenvalue weighted by atomic mass is 9.95. The molecule has 12 nitrogen and oxygen atoms in total. The zero-order valence-electron chi connectivity index (χ0n) is 25.1. The minimum absolute atomic E-state index is 0.175. The van der Waals surface area contributed by atoms with Gasteiger partial charge in [0, 0.05) is 20.4 Å². The molecule has 2 amide bonds. The summed E-state index contributed by atoms with van der Waals surface area (Å²) in [7, 11) is 1.27. The molecule has 46 heavy (non-hydrogen) atoms. The molecule has 0 aromatic heterocycles. The normalized spacial score (nSPS) is 15.0. The van der Waals surface area contributed by atoms with Crippen LogP contribution in [0.15, 0.2) is 71.0 Å². The summed E-state index contributed by atoms with van der Waals surface area (Å²) in [6, 6.07) is 17.1. The summed E-state index contributed by atoms with van der Waals surface area (Å²) in [6.07, 6.45) is 0.362. The van der Waals surface area contributed by atoms with Gasteiger partial charge in [0.05, 0.1) is 46.7 Å². The molecular formula is C32H31I2N5O7. The number of carbonyl (C=O) groups is 2. The third-order valence-electron chi connectivity index (χ3n) is 6.65. The number of ether oxygens (including phenoxy) is 4. The highest BCUT2D eigenvalue weighted by atomic mass is 127. The molecule has 2 atom stereocenters. The first kappa shape index (κ1) is 34.8. The number of aliphatic hydroxyl groups excluding tert-OH is 1. The Kier molecular flexibility index (Phi) is 12.5. The Morgan fingerprint density at radius 1 is 1.15 bits per heavy atom. The van der Waals surface area contributed by atoms with Crippen molar-refractivity contribution in [3.63, 3.8) is 0 Å². The van der Waals surface area contributed by atoms with Crippen LogP contribution in [0.1, 0.15) is 42.1 Å². The second kappa shape index (κ2) is 16.5. The van der Waals surface area contributed by atoms with Crippen molar-refractivity contribution < 1.29 is 33.6 Å². The van der Waals surface area contributed by atoms with Gasteiger partial charge in [0.15, 0.2) is 17.7 Å². The number of carbonyl (C=O) groups excluding carboxylic acids is 2. The maximum absolute atomic E-state index is 12.5. The standard InChI is InChI=1S/C32H31I2N5O7/c1-4-44-26-12-19(29-28(31(41)43-3)18(2)37-32(42)38-29)9-10-25(26)45-17-27(40)39-36-15-22-11-23(33)13-24(34)30(22)46-16-21-8-6-5-7-20(21)14-35/h5-13,15,27,29,39-40H,4,16-17H2,1-3H3,(H2,37,38,42)/b36-15+/t27-,29-/m1/s1. The fourth-order valence-corrected chi connectivity index (χ4v) is 6.59. The first-order valence-electron chi connectivity index (χ1n) is 14.0. The SMILES string of the molecule is CCOc1cc([C@H]2NC(=O)NC(C)=C2C(=O)OC)ccc1OC[C@@H](O)N/N=C/c1cc(I)cc(I)c1OCc1ccccc1C#N. The van der Waals surface area contributed by atoms with Crippen LogP contribution in [-0.2, 0) is 16.1 Å². The van der Waals surface area contributed by atoms with Gasteiger partial charge in [0.25, 0.3) is 0 Å². The van der Waals surface area contributed by atoms with E-state index in [1.54, 1.807) is 43.5 Å². The van der Waals surface area contributed by atoms with Crippen molar-refractivity contribution in [3.05, 3.63) is 95.3 Å². The van der Waals surface area contributed by atoms with Crippen molar-refractivity contribution in [2.75, 3.05) is 20.3 Å². The van der Waals surface area contributed by atoms with Gasteiger partial charge in [0.2, 0.25) is 0 Å². The fourth-order valence-electron chi connectivity index (χ4n) is 4.55. The van der Waals surface area contributed by atoms with E-state index in [0.29, 0.717) is 46.2 Å². The van der Waals surface area contributed by atoms with Crippen LogP contribution in [0.2, 0.25) is 0 Å². The number of urea groups is 1. The summed E-state index contributed by atoms with van der Waals surface area (Å²) in [6.45, 7) is 3.79. The maximum Gasteiger partial charge on any atom is 0.337 e. The Morgan fingerprint density at radius 2 is 1.93 bits per heavy atom. The lowest BCUT2D eigenvalue weighted by Gasteiger charge is -2.28. The predicted octanol–water partition coefficient (Wildman–Crippen LogP) is 4.87. The third kappa shape index (κ3) is 8.79. The maximum atomic E-state index is 12.5. The van der Waals surface area contributed by atoms with Crippen LogP contribution in [0, 0.1) is 18.5 Å². The molecule has 1 aliphatic rings. The number of aliphatic hydroxyl groups is 1. The van der Waals surface area contributed by atoms with Gasteiger partial charge in [-0.15, -0.1) is 0 Å². The number of nitrogens with zero attached hydrogens (tertiary/aromatic N) is 2. The number of esters is 1. The van der Waals surface area contributed by atoms with E-state index in [1.807, 2.05) is 31.2 Å². The summed E-state index contributed by atoms with van der Waals surface area (Å²) in [5.41, 5.74) is 5.87. The zero-order valence-corrected chi connectivity index (χ0v) is 29.4. The van der Waals surface area contributed by atoms with Gasteiger partial charge >= 0.3 is 12.0 Å². The molecule has 0 aliphatic carbocycles. The molecule has 4 N–H and O–H groups in total. The smallest absolute Gasteiger partial charge is 0.337 e. The highest BCUT2D eigenvalue weighted by Crippen LogP contribution is 2.35. The van der Waals surface area contributed by atoms with Crippen LogP contribution in [0.3, 0.4) is 0 Å². The quantitative estimate of drug-likeness (QED) is 0.0619. The number of hydrogen-bond donors (Lipinski definition) is 4. The van der Waals surface area contributed by atoms with Crippen LogP contribution in [0.25, 0.3) is 0 Å². The van der Waals surface area contributed by atoms with E-state index in [-0.39, 0.29) is 18.8 Å². The minimum Gasteiger partial charge on any atom is -0.490 e. The molecule has 14 heteroatoms. The van der Waals surface area contributed by atoms with Gasteiger partial charge in [-0.2, -0.15) is 10.4 Å². The molecule has 3 aromatic carbocycles.